The summed E-state index contributed by atoms with van der Waals surface area (Å²) < 4.78 is 18.4. The van der Waals surface area contributed by atoms with Crippen LogP contribution in [-0.4, -0.2) is 19.3 Å². The van der Waals surface area contributed by atoms with Crippen molar-refractivity contribution in [3.05, 3.63) is 29.0 Å². The van der Waals surface area contributed by atoms with E-state index in [0.717, 1.165) is 38.1 Å². The van der Waals surface area contributed by atoms with Crippen LogP contribution in [0, 0.1) is 5.82 Å². The minimum absolute atomic E-state index is 0.155. The first-order valence-corrected chi connectivity index (χ1v) is 5.94. The third kappa shape index (κ3) is 3.09. The largest absolute Gasteiger partial charge is 0.385 e. The quantitative estimate of drug-likeness (QED) is 0.875. The molecule has 1 saturated heterocycles. The van der Waals surface area contributed by atoms with Crippen molar-refractivity contribution in [1.82, 2.24) is 0 Å². The van der Waals surface area contributed by atoms with E-state index in [2.05, 4.69) is 5.32 Å². The Balaban J connectivity index is 1.78. The Hall–Kier alpha value is -0.800. The maximum absolute atomic E-state index is 12.9. The van der Waals surface area contributed by atoms with Crippen molar-refractivity contribution in [3.63, 3.8) is 0 Å². The van der Waals surface area contributed by atoms with Crippen LogP contribution in [0.15, 0.2) is 18.2 Å². The molecule has 2 nitrogen and oxygen atoms in total. The van der Waals surface area contributed by atoms with Crippen LogP contribution >= 0.6 is 11.6 Å². The molecule has 1 aromatic rings. The minimum atomic E-state index is -0.383. The number of rotatable bonds is 4. The fourth-order valence-corrected chi connectivity index (χ4v) is 2.04. The third-order valence-electron chi connectivity index (χ3n) is 2.74. The van der Waals surface area contributed by atoms with Gasteiger partial charge in [0.05, 0.1) is 11.1 Å². The van der Waals surface area contributed by atoms with Gasteiger partial charge in [0.1, 0.15) is 5.82 Å². The molecule has 1 fully saturated rings. The number of ether oxygens (including phenoxy) is 1. The Morgan fingerprint density at radius 1 is 1.50 bits per heavy atom. The van der Waals surface area contributed by atoms with Crippen LogP contribution in [0.5, 0.6) is 0 Å². The fourth-order valence-electron chi connectivity index (χ4n) is 1.86. The van der Waals surface area contributed by atoms with Gasteiger partial charge in [0, 0.05) is 18.8 Å². The van der Waals surface area contributed by atoms with Crippen molar-refractivity contribution >= 4 is 17.3 Å². The molecule has 1 aromatic carbocycles. The van der Waals surface area contributed by atoms with Crippen LogP contribution in [0.2, 0.25) is 5.02 Å². The molecule has 16 heavy (non-hydrogen) atoms. The second kappa shape index (κ2) is 5.51. The van der Waals surface area contributed by atoms with Crippen LogP contribution in [0.1, 0.15) is 19.3 Å². The molecule has 0 radical (unpaired) electrons. The van der Waals surface area contributed by atoms with Gasteiger partial charge in [-0.05, 0) is 37.5 Å². The molecule has 1 heterocycles. The van der Waals surface area contributed by atoms with Crippen molar-refractivity contribution in [2.24, 2.45) is 0 Å². The monoisotopic (exact) mass is 243 g/mol. The van der Waals surface area contributed by atoms with Gasteiger partial charge in [-0.25, -0.2) is 4.39 Å². The number of nitrogens with one attached hydrogen (secondary N) is 1. The normalized spacial score (nSPS) is 20.0. The zero-order chi connectivity index (χ0) is 11.4. The lowest BCUT2D eigenvalue weighted by atomic mass is 10.2. The lowest BCUT2D eigenvalue weighted by Crippen LogP contribution is -2.12. The van der Waals surface area contributed by atoms with Gasteiger partial charge in [0.15, 0.2) is 0 Å². The van der Waals surface area contributed by atoms with E-state index in [0.29, 0.717) is 6.10 Å². The molecule has 0 spiro atoms. The summed E-state index contributed by atoms with van der Waals surface area (Å²) in [4.78, 5) is 0. The molecule has 1 aliphatic heterocycles. The molecule has 4 heteroatoms. The zero-order valence-corrected chi connectivity index (χ0v) is 9.77. The summed E-state index contributed by atoms with van der Waals surface area (Å²) in [5.74, 6) is -0.383. The number of anilines is 1. The molecule has 0 aromatic heterocycles. The van der Waals surface area contributed by atoms with E-state index in [-0.39, 0.29) is 10.8 Å². The molecule has 0 amide bonds. The van der Waals surface area contributed by atoms with Gasteiger partial charge in [-0.15, -0.1) is 0 Å². The highest BCUT2D eigenvalue weighted by Crippen LogP contribution is 2.20. The van der Waals surface area contributed by atoms with Gasteiger partial charge in [-0.2, -0.15) is 0 Å². The van der Waals surface area contributed by atoms with Crippen molar-refractivity contribution in [1.29, 1.82) is 0 Å². The highest BCUT2D eigenvalue weighted by molar-refractivity contribution is 6.31. The predicted molar refractivity (Wildman–Crippen MR) is 63.5 cm³/mol. The van der Waals surface area contributed by atoms with Crippen LogP contribution in [0.3, 0.4) is 0 Å². The summed E-state index contributed by atoms with van der Waals surface area (Å²) in [6, 6.07) is 4.67. The average Bonchev–Trinajstić information content (AvgIpc) is 2.76. The second-order valence-electron chi connectivity index (χ2n) is 3.98. The third-order valence-corrected chi connectivity index (χ3v) is 3.03. The summed E-state index contributed by atoms with van der Waals surface area (Å²) >= 11 is 5.68. The van der Waals surface area contributed by atoms with Gasteiger partial charge >= 0.3 is 0 Å². The summed E-state index contributed by atoms with van der Waals surface area (Å²) in [5.41, 5.74) is 0.851. The maximum atomic E-state index is 12.9. The molecule has 0 bridgehead atoms. The number of benzene rings is 1. The first kappa shape index (κ1) is 11.7. The van der Waals surface area contributed by atoms with Crippen LogP contribution in [0.25, 0.3) is 0 Å². The van der Waals surface area contributed by atoms with Gasteiger partial charge in [0.25, 0.3) is 0 Å². The molecular formula is C12H15ClFNO. The molecule has 1 unspecified atom stereocenters. The smallest absolute Gasteiger partial charge is 0.141 e. The SMILES string of the molecule is Fc1ccc(NCCC2CCCO2)cc1Cl. The van der Waals surface area contributed by atoms with Gasteiger partial charge in [0.2, 0.25) is 0 Å². The van der Waals surface area contributed by atoms with E-state index in [4.69, 9.17) is 16.3 Å². The summed E-state index contributed by atoms with van der Waals surface area (Å²) in [7, 11) is 0. The lowest BCUT2D eigenvalue weighted by molar-refractivity contribution is 0.107. The zero-order valence-electron chi connectivity index (χ0n) is 9.01. The van der Waals surface area contributed by atoms with Crippen LogP contribution in [-0.2, 0) is 4.74 Å². The van der Waals surface area contributed by atoms with Crippen molar-refractivity contribution in [2.45, 2.75) is 25.4 Å². The first-order valence-electron chi connectivity index (χ1n) is 5.56. The number of hydrogen-bond donors (Lipinski definition) is 1. The van der Waals surface area contributed by atoms with E-state index in [1.807, 2.05) is 0 Å². The highest BCUT2D eigenvalue weighted by Gasteiger charge is 2.14. The van der Waals surface area contributed by atoms with Crippen LogP contribution < -0.4 is 5.32 Å². The van der Waals surface area contributed by atoms with E-state index in [1.165, 1.54) is 6.07 Å². The fraction of sp³-hybridized carbons (Fsp3) is 0.500. The molecule has 0 saturated carbocycles. The Morgan fingerprint density at radius 2 is 2.38 bits per heavy atom. The van der Waals surface area contributed by atoms with Gasteiger partial charge in [-0.1, -0.05) is 11.6 Å². The van der Waals surface area contributed by atoms with E-state index >= 15 is 0 Å². The van der Waals surface area contributed by atoms with Crippen molar-refractivity contribution in [3.8, 4) is 0 Å². The second-order valence-corrected chi connectivity index (χ2v) is 4.39. The van der Waals surface area contributed by atoms with Crippen LogP contribution in [0.4, 0.5) is 10.1 Å². The highest BCUT2D eigenvalue weighted by atomic mass is 35.5. The summed E-state index contributed by atoms with van der Waals surface area (Å²) in [5, 5.41) is 3.36. The molecule has 2 rings (SSSR count). The van der Waals surface area contributed by atoms with Crippen molar-refractivity contribution in [2.75, 3.05) is 18.5 Å². The Morgan fingerprint density at radius 3 is 3.06 bits per heavy atom. The number of halogens is 2. The average molecular weight is 244 g/mol. The van der Waals surface area contributed by atoms with Crippen molar-refractivity contribution < 1.29 is 9.13 Å². The maximum Gasteiger partial charge on any atom is 0.141 e. The molecule has 88 valence electrons. The number of hydrogen-bond acceptors (Lipinski definition) is 2. The molecular weight excluding hydrogens is 229 g/mol. The van der Waals surface area contributed by atoms with Gasteiger partial charge in [-0.3, -0.25) is 0 Å². The minimum Gasteiger partial charge on any atom is -0.385 e. The van der Waals surface area contributed by atoms with E-state index in [9.17, 15) is 4.39 Å². The predicted octanol–water partition coefficient (Wildman–Crippen LogP) is 3.46. The van der Waals surface area contributed by atoms with E-state index < -0.39 is 0 Å². The van der Waals surface area contributed by atoms with Gasteiger partial charge < -0.3 is 10.1 Å². The Bertz CT molecular complexity index is 353. The Kier molecular flexibility index (Phi) is 4.02. The molecule has 1 N–H and O–H groups in total. The van der Waals surface area contributed by atoms with E-state index in [1.54, 1.807) is 12.1 Å². The molecule has 1 aliphatic rings. The topological polar surface area (TPSA) is 21.3 Å². The molecule has 1 atom stereocenters. The first-order chi connectivity index (χ1) is 7.75. The summed E-state index contributed by atoms with van der Waals surface area (Å²) in [6.07, 6.45) is 3.66. The summed E-state index contributed by atoms with van der Waals surface area (Å²) in [6.45, 7) is 1.71. The molecule has 0 aliphatic carbocycles. The Labute approximate surface area is 99.7 Å². The lowest BCUT2D eigenvalue weighted by Gasteiger charge is -2.11. The standard InChI is InChI=1S/C12H15ClFNO/c13-11-8-9(3-4-12(11)14)15-6-5-10-2-1-7-16-10/h3-4,8,10,15H,1-2,5-7H2.